The van der Waals surface area contributed by atoms with Crippen molar-refractivity contribution in [1.29, 1.82) is 0 Å². The summed E-state index contributed by atoms with van der Waals surface area (Å²) >= 11 is 0. The fraction of sp³-hybridized carbons (Fsp3) is 0.200. The Bertz CT molecular complexity index is 868. The molecule has 8 heteroatoms. The van der Waals surface area contributed by atoms with E-state index in [1.165, 1.54) is 0 Å². The third-order valence-corrected chi connectivity index (χ3v) is 3.85. The van der Waals surface area contributed by atoms with Crippen LogP contribution in [0.25, 0.3) is 0 Å². The Hall–Kier alpha value is -3.03. The maximum Gasteiger partial charge on any atom is 0.371 e. The first-order valence-electron chi connectivity index (χ1n) is 8.30. The smallest absolute Gasteiger partial charge is 0.313 e. The van der Waals surface area contributed by atoms with Crippen LogP contribution >= 0.6 is 0 Å². The number of carbonyl (C=O) groups is 1. The topological polar surface area (TPSA) is 38.7 Å². The van der Waals surface area contributed by atoms with E-state index in [0.29, 0.717) is 31.4 Å². The molecule has 0 saturated carbocycles. The third kappa shape index (κ3) is 5.03. The normalized spacial score (nSPS) is 11.4. The molecule has 0 N–H and O–H groups in total. The van der Waals surface area contributed by atoms with Crippen LogP contribution < -0.4 is 0 Å². The molecule has 0 aliphatic rings. The van der Waals surface area contributed by atoms with E-state index in [2.05, 4.69) is 16.6 Å². The van der Waals surface area contributed by atoms with Crippen LogP contribution in [0.1, 0.15) is 35.2 Å². The van der Waals surface area contributed by atoms with Gasteiger partial charge in [0.05, 0.1) is 5.71 Å². The van der Waals surface area contributed by atoms with Crippen LogP contribution in [0.2, 0.25) is 0 Å². The van der Waals surface area contributed by atoms with Gasteiger partial charge in [0, 0.05) is 0 Å². The first-order valence-corrected chi connectivity index (χ1v) is 8.30. The zero-order valence-corrected chi connectivity index (χ0v) is 14.7. The lowest BCUT2D eigenvalue weighted by Gasteiger charge is -2.08. The summed E-state index contributed by atoms with van der Waals surface area (Å²) in [5.41, 5.74) is -0.327. The summed E-state index contributed by atoms with van der Waals surface area (Å²) in [7, 11) is 0. The van der Waals surface area contributed by atoms with Crippen molar-refractivity contribution >= 4 is 11.7 Å². The molecule has 2 aromatic rings. The SMILES string of the molecule is C=CCC/C(CCc1ccccc1)=N\OC(=O)c1c(F)c(F)c(F)c(F)c1F. The predicted octanol–water partition coefficient (Wildman–Crippen LogP) is 5.49. The van der Waals surface area contributed by atoms with Crippen LogP contribution in [-0.2, 0) is 11.3 Å². The Kier molecular flexibility index (Phi) is 7.43. The summed E-state index contributed by atoms with van der Waals surface area (Å²) in [4.78, 5) is 16.3. The quantitative estimate of drug-likeness (QED) is 0.112. The molecule has 2 rings (SSSR count). The first kappa shape index (κ1) is 21.3. The first-order chi connectivity index (χ1) is 13.4. The standard InChI is InChI=1S/C20H16F5NO2/c1-2-3-9-13(11-10-12-7-5-4-6-8-12)26-28-20(27)14-15(21)17(23)19(25)18(24)16(14)22/h2,4-8H,1,3,9-11H2/b26-13+. The lowest BCUT2D eigenvalue weighted by molar-refractivity contribution is 0.0499. The molecule has 0 aromatic heterocycles. The Balaban J connectivity index is 2.19. The number of carbonyl (C=O) groups excluding carboxylic acids is 1. The van der Waals surface area contributed by atoms with Crippen LogP contribution in [0.4, 0.5) is 22.0 Å². The van der Waals surface area contributed by atoms with Crippen molar-refractivity contribution in [2.45, 2.75) is 25.7 Å². The lowest BCUT2D eigenvalue weighted by atomic mass is 10.0. The minimum atomic E-state index is -2.36. The molecule has 0 spiro atoms. The lowest BCUT2D eigenvalue weighted by Crippen LogP contribution is -2.14. The molecule has 0 aliphatic carbocycles. The average Bonchev–Trinajstić information content (AvgIpc) is 2.71. The van der Waals surface area contributed by atoms with Crippen LogP contribution in [0.15, 0.2) is 48.1 Å². The van der Waals surface area contributed by atoms with Gasteiger partial charge in [-0.25, -0.2) is 26.7 Å². The molecule has 0 bridgehead atoms. The minimum Gasteiger partial charge on any atom is -0.313 e. The fourth-order valence-electron chi connectivity index (χ4n) is 2.35. The van der Waals surface area contributed by atoms with Crippen molar-refractivity contribution in [3.8, 4) is 0 Å². The number of benzene rings is 2. The molecule has 3 nitrogen and oxygen atoms in total. The summed E-state index contributed by atoms with van der Waals surface area (Å²) < 4.78 is 66.8. The van der Waals surface area contributed by atoms with Crippen molar-refractivity contribution in [3.05, 3.63) is 83.2 Å². The fourth-order valence-corrected chi connectivity index (χ4v) is 2.35. The van der Waals surface area contributed by atoms with Gasteiger partial charge in [0.1, 0.15) is 5.56 Å². The average molecular weight is 397 g/mol. The number of halogens is 5. The number of hydrogen-bond donors (Lipinski definition) is 0. The van der Waals surface area contributed by atoms with Gasteiger partial charge >= 0.3 is 5.97 Å². The van der Waals surface area contributed by atoms with Gasteiger partial charge in [0.25, 0.3) is 0 Å². The summed E-state index contributed by atoms with van der Waals surface area (Å²) in [6.07, 6.45) is 3.36. The summed E-state index contributed by atoms with van der Waals surface area (Å²) in [5, 5.41) is 3.56. The molecule has 0 saturated heterocycles. The second kappa shape index (κ2) is 9.77. The van der Waals surface area contributed by atoms with Gasteiger partial charge in [0.15, 0.2) is 23.3 Å². The van der Waals surface area contributed by atoms with E-state index in [0.717, 1.165) is 5.56 Å². The zero-order valence-electron chi connectivity index (χ0n) is 14.7. The van der Waals surface area contributed by atoms with Crippen molar-refractivity contribution < 1.29 is 31.6 Å². The Morgan fingerprint density at radius 1 is 0.929 bits per heavy atom. The van der Waals surface area contributed by atoms with E-state index in [4.69, 9.17) is 0 Å². The van der Waals surface area contributed by atoms with Gasteiger partial charge < -0.3 is 4.84 Å². The summed E-state index contributed by atoms with van der Waals surface area (Å²) in [6.45, 7) is 3.56. The van der Waals surface area contributed by atoms with E-state index in [1.54, 1.807) is 6.08 Å². The molecule has 0 unspecified atom stereocenters. The van der Waals surface area contributed by atoms with Gasteiger partial charge in [-0.05, 0) is 31.2 Å². The monoisotopic (exact) mass is 397 g/mol. The van der Waals surface area contributed by atoms with Crippen LogP contribution in [-0.4, -0.2) is 11.7 Å². The molecule has 148 valence electrons. The molecular formula is C20H16F5NO2. The van der Waals surface area contributed by atoms with Gasteiger partial charge in [-0.2, -0.15) is 0 Å². The Morgan fingerprint density at radius 2 is 1.50 bits per heavy atom. The van der Waals surface area contributed by atoms with Crippen molar-refractivity contribution in [2.75, 3.05) is 0 Å². The van der Waals surface area contributed by atoms with Crippen LogP contribution in [0.5, 0.6) is 0 Å². The largest absolute Gasteiger partial charge is 0.371 e. The minimum absolute atomic E-state index is 0.348. The van der Waals surface area contributed by atoms with Gasteiger partial charge in [-0.1, -0.05) is 41.6 Å². The highest BCUT2D eigenvalue weighted by Crippen LogP contribution is 2.23. The highest BCUT2D eigenvalue weighted by molar-refractivity contribution is 5.91. The second-order valence-electron chi connectivity index (χ2n) is 5.79. The molecular weight excluding hydrogens is 381 g/mol. The Morgan fingerprint density at radius 3 is 2.07 bits per heavy atom. The molecule has 0 radical (unpaired) electrons. The van der Waals surface area contributed by atoms with Crippen LogP contribution in [0.3, 0.4) is 0 Å². The summed E-state index contributed by atoms with van der Waals surface area (Å²) in [5.74, 6) is -13.1. The van der Waals surface area contributed by atoms with E-state index in [-0.39, 0.29) is 0 Å². The van der Waals surface area contributed by atoms with E-state index < -0.39 is 40.6 Å². The molecule has 0 heterocycles. The van der Waals surface area contributed by atoms with Crippen molar-refractivity contribution in [1.82, 2.24) is 0 Å². The van der Waals surface area contributed by atoms with Gasteiger partial charge in [0.2, 0.25) is 5.82 Å². The Labute approximate surface area is 158 Å². The number of rotatable bonds is 8. The molecule has 0 atom stereocenters. The number of allylic oxidation sites excluding steroid dienone is 1. The predicted molar refractivity (Wildman–Crippen MR) is 93.3 cm³/mol. The molecule has 0 fully saturated rings. The highest BCUT2D eigenvalue weighted by Gasteiger charge is 2.31. The summed E-state index contributed by atoms with van der Waals surface area (Å²) in [6, 6.07) is 9.30. The highest BCUT2D eigenvalue weighted by atomic mass is 19.2. The molecule has 28 heavy (non-hydrogen) atoms. The number of oxime groups is 1. The van der Waals surface area contributed by atoms with Crippen molar-refractivity contribution in [2.24, 2.45) is 5.16 Å². The maximum absolute atomic E-state index is 13.7. The molecule has 0 amide bonds. The number of aryl methyl sites for hydroxylation is 1. The second-order valence-corrected chi connectivity index (χ2v) is 5.79. The van der Waals surface area contributed by atoms with Gasteiger partial charge in [-0.3, -0.25) is 0 Å². The zero-order chi connectivity index (χ0) is 20.7. The van der Waals surface area contributed by atoms with Crippen molar-refractivity contribution in [3.63, 3.8) is 0 Å². The van der Waals surface area contributed by atoms with Gasteiger partial charge in [-0.15, -0.1) is 6.58 Å². The number of hydrogen-bond acceptors (Lipinski definition) is 3. The van der Waals surface area contributed by atoms with E-state index >= 15 is 0 Å². The third-order valence-electron chi connectivity index (χ3n) is 3.85. The molecule has 0 aliphatic heterocycles. The van der Waals surface area contributed by atoms with E-state index in [9.17, 15) is 26.7 Å². The van der Waals surface area contributed by atoms with Crippen LogP contribution in [0, 0.1) is 29.1 Å². The van der Waals surface area contributed by atoms with E-state index in [1.807, 2.05) is 30.3 Å². The maximum atomic E-state index is 13.7. The molecule has 2 aromatic carbocycles. The number of nitrogens with zero attached hydrogens (tertiary/aromatic N) is 1.